The lowest BCUT2D eigenvalue weighted by molar-refractivity contribution is -0.166. The summed E-state index contributed by atoms with van der Waals surface area (Å²) in [4.78, 5) is 38.0. The van der Waals surface area contributed by atoms with Gasteiger partial charge in [-0.05, 0) is 96.3 Å². The van der Waals surface area contributed by atoms with Crippen molar-refractivity contribution in [3.63, 3.8) is 0 Å². The molecular formula is C67H114O6. The molecule has 0 amide bonds. The van der Waals surface area contributed by atoms with Gasteiger partial charge in [-0.15, -0.1) is 0 Å². The largest absolute Gasteiger partial charge is 0.462 e. The highest BCUT2D eigenvalue weighted by atomic mass is 16.6. The number of hydrogen-bond donors (Lipinski definition) is 0. The molecule has 0 aliphatic carbocycles. The van der Waals surface area contributed by atoms with Crippen LogP contribution in [0.15, 0.2) is 97.2 Å². The molecule has 0 saturated heterocycles. The lowest BCUT2D eigenvalue weighted by atomic mass is 10.0. The summed E-state index contributed by atoms with van der Waals surface area (Å²) in [6, 6.07) is 0. The highest BCUT2D eigenvalue weighted by Gasteiger charge is 2.19. The molecule has 1 atom stereocenters. The molecule has 0 aromatic heterocycles. The standard InChI is InChI=1S/C67H114O6/c1-4-7-10-13-16-19-22-24-26-27-28-29-30-31-32-33-34-35-36-37-38-39-41-42-45-48-51-54-57-60-66(69)72-63-64(62-71-65(68)59-56-53-50-47-44-21-18-15-12-9-6-3)73-67(70)61-58-55-52-49-46-43-40-25-23-20-17-14-11-8-5-2/h8,11,15,17-18,20,22,24-25,27-28,40,46,49,55,58,64H,4-7,9-10,12-14,16,19,21,23,26,29-39,41-45,47-48,50-54,56-57,59-63H2,1-3H3/b11-8-,18-15-,20-17-,24-22-,28-27-,40-25-,49-46-,58-55-. The molecule has 73 heavy (non-hydrogen) atoms. The molecule has 0 rings (SSSR count). The summed E-state index contributed by atoms with van der Waals surface area (Å²) < 4.78 is 16.7. The van der Waals surface area contributed by atoms with Gasteiger partial charge in [0, 0.05) is 12.8 Å². The molecule has 0 aliphatic heterocycles. The quantitative estimate of drug-likeness (QED) is 0.0261. The Morgan fingerprint density at radius 2 is 0.589 bits per heavy atom. The van der Waals surface area contributed by atoms with E-state index in [1.807, 2.05) is 6.08 Å². The minimum absolute atomic E-state index is 0.0949. The first-order valence-corrected chi connectivity index (χ1v) is 30.7. The number of esters is 3. The molecular weight excluding hydrogens is 901 g/mol. The van der Waals surface area contributed by atoms with Crippen LogP contribution in [0.3, 0.4) is 0 Å². The zero-order valence-electron chi connectivity index (χ0n) is 47.9. The highest BCUT2D eigenvalue weighted by molar-refractivity contribution is 5.72. The molecule has 0 bridgehead atoms. The van der Waals surface area contributed by atoms with Gasteiger partial charge in [-0.1, -0.05) is 272 Å². The molecule has 0 radical (unpaired) electrons. The van der Waals surface area contributed by atoms with Crippen molar-refractivity contribution in [2.24, 2.45) is 0 Å². The third-order valence-electron chi connectivity index (χ3n) is 13.1. The summed E-state index contributed by atoms with van der Waals surface area (Å²) in [5.41, 5.74) is 0. The van der Waals surface area contributed by atoms with E-state index in [4.69, 9.17) is 14.2 Å². The van der Waals surface area contributed by atoms with E-state index in [2.05, 4.69) is 106 Å². The molecule has 0 spiro atoms. The monoisotopic (exact) mass is 1010 g/mol. The zero-order valence-corrected chi connectivity index (χ0v) is 47.9. The van der Waals surface area contributed by atoms with Crippen molar-refractivity contribution in [3.05, 3.63) is 97.2 Å². The Morgan fingerprint density at radius 3 is 0.959 bits per heavy atom. The second-order valence-electron chi connectivity index (χ2n) is 20.2. The van der Waals surface area contributed by atoms with E-state index in [0.717, 1.165) is 89.9 Å². The Kier molecular flexibility index (Phi) is 57.8. The van der Waals surface area contributed by atoms with E-state index in [1.54, 1.807) is 6.08 Å². The minimum Gasteiger partial charge on any atom is -0.462 e. The number of carbonyl (C=O) groups is 3. The van der Waals surface area contributed by atoms with Gasteiger partial charge < -0.3 is 14.2 Å². The molecule has 0 aromatic carbocycles. The Bertz CT molecular complexity index is 1440. The van der Waals surface area contributed by atoms with Crippen molar-refractivity contribution < 1.29 is 28.6 Å². The SMILES string of the molecule is CC/C=C\C/C=C\C/C=C\C/C=C\C/C=C\CC(=O)OC(COC(=O)CCCCCCC/C=C\CCCC)COC(=O)CCCCCCCCCCCCCCCCCCC/C=C\C/C=C\CCCCCCC. The van der Waals surface area contributed by atoms with Crippen LogP contribution >= 0.6 is 0 Å². The molecule has 0 aromatic rings. The maximum atomic E-state index is 12.8. The predicted octanol–water partition coefficient (Wildman–Crippen LogP) is 20.9. The third-order valence-corrected chi connectivity index (χ3v) is 13.1. The van der Waals surface area contributed by atoms with Crippen molar-refractivity contribution in [1.82, 2.24) is 0 Å². The topological polar surface area (TPSA) is 78.9 Å². The van der Waals surface area contributed by atoms with Crippen LogP contribution in [0, 0.1) is 0 Å². The van der Waals surface area contributed by atoms with Crippen LogP contribution in [0.1, 0.15) is 290 Å². The number of hydrogen-bond acceptors (Lipinski definition) is 6. The molecule has 0 N–H and O–H groups in total. The van der Waals surface area contributed by atoms with Crippen molar-refractivity contribution in [2.75, 3.05) is 13.2 Å². The van der Waals surface area contributed by atoms with Gasteiger partial charge in [0.15, 0.2) is 6.10 Å². The van der Waals surface area contributed by atoms with E-state index >= 15 is 0 Å². The van der Waals surface area contributed by atoms with E-state index in [1.165, 1.54) is 161 Å². The molecule has 6 heteroatoms. The van der Waals surface area contributed by atoms with Gasteiger partial charge in [0.25, 0.3) is 0 Å². The van der Waals surface area contributed by atoms with Gasteiger partial charge >= 0.3 is 17.9 Å². The minimum atomic E-state index is -0.834. The zero-order chi connectivity index (χ0) is 52.9. The molecule has 0 aliphatic rings. The predicted molar refractivity (Wildman–Crippen MR) is 316 cm³/mol. The third kappa shape index (κ3) is 59.1. The van der Waals surface area contributed by atoms with Gasteiger partial charge in [-0.3, -0.25) is 14.4 Å². The number of carbonyl (C=O) groups excluding carboxylic acids is 3. The summed E-state index contributed by atoms with van der Waals surface area (Å²) in [6.07, 6.45) is 81.7. The second kappa shape index (κ2) is 60.9. The fraction of sp³-hybridized carbons (Fsp3) is 0.716. The van der Waals surface area contributed by atoms with Crippen LogP contribution in [0.2, 0.25) is 0 Å². The summed E-state index contributed by atoms with van der Waals surface area (Å²) in [5.74, 6) is -1.05. The molecule has 418 valence electrons. The number of unbranched alkanes of at least 4 members (excludes halogenated alkanes) is 29. The van der Waals surface area contributed by atoms with Gasteiger partial charge in [0.05, 0.1) is 6.42 Å². The molecule has 6 nitrogen and oxygen atoms in total. The molecule has 1 unspecified atom stereocenters. The molecule has 0 fully saturated rings. The van der Waals surface area contributed by atoms with Crippen LogP contribution in [-0.4, -0.2) is 37.2 Å². The van der Waals surface area contributed by atoms with Crippen molar-refractivity contribution in [1.29, 1.82) is 0 Å². The van der Waals surface area contributed by atoms with Crippen LogP contribution < -0.4 is 0 Å². The fourth-order valence-corrected chi connectivity index (χ4v) is 8.47. The average Bonchev–Trinajstić information content (AvgIpc) is 3.39. The summed E-state index contributed by atoms with van der Waals surface area (Å²) >= 11 is 0. The summed E-state index contributed by atoms with van der Waals surface area (Å²) in [7, 11) is 0. The smallest absolute Gasteiger partial charge is 0.310 e. The van der Waals surface area contributed by atoms with Crippen LogP contribution in [0.4, 0.5) is 0 Å². The van der Waals surface area contributed by atoms with Crippen LogP contribution in [-0.2, 0) is 28.6 Å². The first-order chi connectivity index (χ1) is 36.0. The van der Waals surface area contributed by atoms with E-state index < -0.39 is 12.1 Å². The summed E-state index contributed by atoms with van der Waals surface area (Å²) in [6.45, 7) is 6.40. The van der Waals surface area contributed by atoms with Crippen LogP contribution in [0.25, 0.3) is 0 Å². The number of allylic oxidation sites excluding steroid dienone is 15. The van der Waals surface area contributed by atoms with Crippen LogP contribution in [0.5, 0.6) is 0 Å². The summed E-state index contributed by atoms with van der Waals surface area (Å²) in [5, 5.41) is 0. The number of ether oxygens (including phenoxy) is 3. The Labute approximate surface area is 451 Å². The fourth-order valence-electron chi connectivity index (χ4n) is 8.47. The highest BCUT2D eigenvalue weighted by Crippen LogP contribution is 2.16. The molecule has 0 heterocycles. The first-order valence-electron chi connectivity index (χ1n) is 30.7. The lowest BCUT2D eigenvalue weighted by Crippen LogP contribution is -2.30. The van der Waals surface area contributed by atoms with E-state index in [9.17, 15) is 14.4 Å². The van der Waals surface area contributed by atoms with Crippen molar-refractivity contribution in [3.8, 4) is 0 Å². The lowest BCUT2D eigenvalue weighted by Gasteiger charge is -2.18. The maximum absolute atomic E-state index is 12.8. The van der Waals surface area contributed by atoms with Crippen molar-refractivity contribution >= 4 is 17.9 Å². The Morgan fingerprint density at radius 1 is 0.301 bits per heavy atom. The van der Waals surface area contributed by atoms with Gasteiger partial charge in [0.2, 0.25) is 0 Å². The average molecular weight is 1020 g/mol. The van der Waals surface area contributed by atoms with E-state index in [-0.39, 0.29) is 31.6 Å². The van der Waals surface area contributed by atoms with Gasteiger partial charge in [-0.25, -0.2) is 0 Å². The molecule has 0 saturated carbocycles. The van der Waals surface area contributed by atoms with E-state index in [0.29, 0.717) is 12.8 Å². The normalized spacial score (nSPS) is 12.8. The Balaban J connectivity index is 4.24. The second-order valence-corrected chi connectivity index (χ2v) is 20.2. The van der Waals surface area contributed by atoms with Gasteiger partial charge in [0.1, 0.15) is 13.2 Å². The Hall–Kier alpha value is -3.67. The maximum Gasteiger partial charge on any atom is 0.310 e. The van der Waals surface area contributed by atoms with Gasteiger partial charge in [-0.2, -0.15) is 0 Å². The van der Waals surface area contributed by atoms with Crippen molar-refractivity contribution in [2.45, 2.75) is 297 Å². The first kappa shape index (κ1) is 69.3. The number of rotatable bonds is 55.